The SMILES string of the molecule is COC(=O)c1cc(NC2CC(OC)C2)ccc1Cl. The van der Waals surface area contributed by atoms with Crippen molar-refractivity contribution in [2.24, 2.45) is 0 Å². The van der Waals surface area contributed by atoms with Crippen molar-refractivity contribution in [3.05, 3.63) is 28.8 Å². The van der Waals surface area contributed by atoms with Crippen molar-refractivity contribution in [2.75, 3.05) is 19.5 Å². The highest BCUT2D eigenvalue weighted by molar-refractivity contribution is 6.33. The number of methoxy groups -OCH3 is 2. The first kappa shape index (κ1) is 13.2. The third-order valence-electron chi connectivity index (χ3n) is 3.17. The third kappa shape index (κ3) is 2.76. The normalized spacial score (nSPS) is 22.2. The van der Waals surface area contributed by atoms with Crippen LogP contribution in [0.25, 0.3) is 0 Å². The molecule has 5 heteroatoms. The lowest BCUT2D eigenvalue weighted by molar-refractivity contribution is 0.0328. The summed E-state index contributed by atoms with van der Waals surface area (Å²) in [6, 6.07) is 5.66. The van der Waals surface area contributed by atoms with Gasteiger partial charge >= 0.3 is 5.97 Å². The van der Waals surface area contributed by atoms with Crippen molar-refractivity contribution in [2.45, 2.75) is 25.0 Å². The zero-order valence-electron chi connectivity index (χ0n) is 10.4. The van der Waals surface area contributed by atoms with Gasteiger partial charge in [-0.3, -0.25) is 0 Å². The molecule has 1 aromatic rings. The second-order valence-electron chi connectivity index (χ2n) is 4.36. The lowest BCUT2D eigenvalue weighted by Gasteiger charge is -2.35. The highest BCUT2D eigenvalue weighted by atomic mass is 35.5. The van der Waals surface area contributed by atoms with E-state index in [0.29, 0.717) is 22.7 Å². The standard InChI is InChI=1S/C13H16ClNO3/c1-17-10-5-9(6-10)15-8-3-4-12(14)11(7-8)13(16)18-2/h3-4,7,9-10,15H,5-6H2,1-2H3. The number of nitrogens with one attached hydrogen (secondary N) is 1. The monoisotopic (exact) mass is 269 g/mol. The van der Waals surface area contributed by atoms with Gasteiger partial charge in [-0.15, -0.1) is 0 Å². The van der Waals surface area contributed by atoms with Gasteiger partial charge in [-0.05, 0) is 31.0 Å². The van der Waals surface area contributed by atoms with E-state index in [2.05, 4.69) is 10.1 Å². The zero-order valence-corrected chi connectivity index (χ0v) is 11.2. The molecule has 0 saturated heterocycles. The van der Waals surface area contributed by atoms with E-state index < -0.39 is 5.97 Å². The van der Waals surface area contributed by atoms with Gasteiger partial charge in [0.05, 0.1) is 23.8 Å². The Morgan fingerprint density at radius 1 is 1.39 bits per heavy atom. The minimum atomic E-state index is -0.424. The number of hydrogen-bond acceptors (Lipinski definition) is 4. The molecule has 18 heavy (non-hydrogen) atoms. The lowest BCUT2D eigenvalue weighted by Crippen LogP contribution is -2.40. The summed E-state index contributed by atoms with van der Waals surface area (Å²) in [6.07, 6.45) is 2.30. The van der Waals surface area contributed by atoms with Crippen LogP contribution >= 0.6 is 11.6 Å². The minimum absolute atomic E-state index is 0.342. The molecule has 2 rings (SSSR count). The van der Waals surface area contributed by atoms with Crippen LogP contribution in [0, 0.1) is 0 Å². The predicted molar refractivity (Wildman–Crippen MR) is 70.2 cm³/mol. The number of esters is 1. The molecule has 0 heterocycles. The molecule has 1 N–H and O–H groups in total. The molecule has 1 aromatic carbocycles. The Labute approximate surface area is 111 Å². The van der Waals surface area contributed by atoms with Gasteiger partial charge < -0.3 is 14.8 Å². The van der Waals surface area contributed by atoms with Gasteiger partial charge in [-0.25, -0.2) is 4.79 Å². The van der Waals surface area contributed by atoms with E-state index in [4.69, 9.17) is 16.3 Å². The molecule has 1 fully saturated rings. The van der Waals surface area contributed by atoms with E-state index >= 15 is 0 Å². The van der Waals surface area contributed by atoms with Gasteiger partial charge in [0.2, 0.25) is 0 Å². The van der Waals surface area contributed by atoms with E-state index in [1.165, 1.54) is 7.11 Å². The summed E-state index contributed by atoms with van der Waals surface area (Å²) in [4.78, 5) is 11.5. The van der Waals surface area contributed by atoms with Crippen LogP contribution in [0.4, 0.5) is 5.69 Å². The maximum atomic E-state index is 11.5. The molecule has 98 valence electrons. The molecule has 0 bridgehead atoms. The van der Waals surface area contributed by atoms with Crippen LogP contribution in [0.5, 0.6) is 0 Å². The fourth-order valence-corrected chi connectivity index (χ4v) is 2.19. The van der Waals surface area contributed by atoms with E-state index in [1.54, 1.807) is 19.2 Å². The average Bonchev–Trinajstić information content (AvgIpc) is 2.34. The van der Waals surface area contributed by atoms with Crippen LogP contribution in [0.15, 0.2) is 18.2 Å². The molecule has 0 radical (unpaired) electrons. The molecule has 1 saturated carbocycles. The molecular formula is C13H16ClNO3. The Hall–Kier alpha value is -1.26. The molecular weight excluding hydrogens is 254 g/mol. The first-order valence-electron chi connectivity index (χ1n) is 5.81. The minimum Gasteiger partial charge on any atom is -0.465 e. The maximum Gasteiger partial charge on any atom is 0.339 e. The van der Waals surface area contributed by atoms with Crippen LogP contribution in [-0.2, 0) is 9.47 Å². The molecule has 0 aliphatic heterocycles. The Morgan fingerprint density at radius 3 is 2.72 bits per heavy atom. The average molecular weight is 270 g/mol. The highest BCUT2D eigenvalue weighted by Gasteiger charge is 2.28. The van der Waals surface area contributed by atoms with Crippen molar-refractivity contribution < 1.29 is 14.3 Å². The van der Waals surface area contributed by atoms with Crippen LogP contribution < -0.4 is 5.32 Å². The quantitative estimate of drug-likeness (QED) is 0.854. The fourth-order valence-electron chi connectivity index (χ4n) is 1.99. The van der Waals surface area contributed by atoms with Crippen molar-refractivity contribution in [1.29, 1.82) is 0 Å². The fraction of sp³-hybridized carbons (Fsp3) is 0.462. The Balaban J connectivity index is 2.04. The first-order chi connectivity index (χ1) is 8.63. The van der Waals surface area contributed by atoms with Crippen molar-refractivity contribution in [1.82, 2.24) is 0 Å². The van der Waals surface area contributed by atoms with Crippen LogP contribution in [0.2, 0.25) is 5.02 Å². The van der Waals surface area contributed by atoms with Gasteiger partial charge in [0.1, 0.15) is 0 Å². The van der Waals surface area contributed by atoms with E-state index in [9.17, 15) is 4.79 Å². The third-order valence-corrected chi connectivity index (χ3v) is 3.50. The molecule has 1 aliphatic rings. The van der Waals surface area contributed by atoms with Gasteiger partial charge in [0.25, 0.3) is 0 Å². The van der Waals surface area contributed by atoms with E-state index in [1.807, 2.05) is 6.07 Å². The summed E-state index contributed by atoms with van der Waals surface area (Å²) in [5.41, 5.74) is 1.26. The first-order valence-corrected chi connectivity index (χ1v) is 6.19. The van der Waals surface area contributed by atoms with Crippen LogP contribution in [0.1, 0.15) is 23.2 Å². The molecule has 4 nitrogen and oxygen atoms in total. The number of hydrogen-bond donors (Lipinski definition) is 1. The maximum absolute atomic E-state index is 11.5. The van der Waals surface area contributed by atoms with Crippen molar-refractivity contribution in [3.8, 4) is 0 Å². The number of halogens is 1. The number of benzene rings is 1. The summed E-state index contributed by atoms with van der Waals surface area (Å²) in [7, 11) is 3.06. The van der Waals surface area contributed by atoms with Crippen molar-refractivity contribution in [3.63, 3.8) is 0 Å². The molecule has 0 unspecified atom stereocenters. The molecule has 0 spiro atoms. The van der Waals surface area contributed by atoms with E-state index in [0.717, 1.165) is 18.5 Å². The summed E-state index contributed by atoms with van der Waals surface area (Å²) in [5.74, 6) is -0.424. The Morgan fingerprint density at radius 2 is 2.11 bits per heavy atom. The van der Waals surface area contributed by atoms with Gasteiger partial charge in [0, 0.05) is 18.8 Å². The second-order valence-corrected chi connectivity index (χ2v) is 4.76. The van der Waals surface area contributed by atoms with Crippen LogP contribution in [0.3, 0.4) is 0 Å². The summed E-state index contributed by atoms with van der Waals surface area (Å²) in [5, 5.41) is 3.74. The Kier molecular flexibility index (Phi) is 4.09. The largest absolute Gasteiger partial charge is 0.465 e. The molecule has 0 aromatic heterocycles. The number of carbonyl (C=O) groups is 1. The van der Waals surface area contributed by atoms with Gasteiger partial charge in [0.15, 0.2) is 0 Å². The number of carbonyl (C=O) groups excluding carboxylic acids is 1. The predicted octanol–water partition coefficient (Wildman–Crippen LogP) is 2.72. The molecule has 0 atom stereocenters. The van der Waals surface area contributed by atoms with Crippen LogP contribution in [-0.4, -0.2) is 32.3 Å². The smallest absolute Gasteiger partial charge is 0.339 e. The second kappa shape index (κ2) is 5.59. The Bertz CT molecular complexity index is 444. The summed E-state index contributed by atoms with van der Waals surface area (Å²) in [6.45, 7) is 0. The highest BCUT2D eigenvalue weighted by Crippen LogP contribution is 2.28. The number of anilines is 1. The summed E-state index contributed by atoms with van der Waals surface area (Å²) < 4.78 is 9.90. The topological polar surface area (TPSA) is 47.6 Å². The molecule has 1 aliphatic carbocycles. The number of rotatable bonds is 4. The molecule has 0 amide bonds. The summed E-state index contributed by atoms with van der Waals surface area (Å²) >= 11 is 5.95. The van der Waals surface area contributed by atoms with Gasteiger partial charge in [-0.2, -0.15) is 0 Å². The van der Waals surface area contributed by atoms with Gasteiger partial charge in [-0.1, -0.05) is 11.6 Å². The van der Waals surface area contributed by atoms with E-state index in [-0.39, 0.29) is 0 Å². The zero-order chi connectivity index (χ0) is 13.1. The number of ether oxygens (including phenoxy) is 2. The lowest BCUT2D eigenvalue weighted by atomic mass is 9.89. The van der Waals surface area contributed by atoms with Crippen molar-refractivity contribution >= 4 is 23.3 Å².